The number of unbranched alkanes of at least 4 members (excludes halogenated alkanes) is 1. The molecule has 4 nitrogen and oxygen atoms in total. The molecule has 0 amide bonds. The van der Waals surface area contributed by atoms with Gasteiger partial charge >= 0.3 is 5.97 Å². The number of hydrogen-bond acceptors (Lipinski definition) is 4. The lowest BCUT2D eigenvalue weighted by atomic mass is 9.92. The van der Waals surface area contributed by atoms with Crippen LogP contribution < -0.4 is 5.73 Å². The fourth-order valence-electron chi connectivity index (χ4n) is 2.63. The molecule has 0 heterocycles. The van der Waals surface area contributed by atoms with Gasteiger partial charge in [0.1, 0.15) is 5.54 Å². The molecule has 20 heavy (non-hydrogen) atoms. The highest BCUT2D eigenvalue weighted by Gasteiger charge is 2.50. The number of nitrogens with zero attached hydrogens (tertiary/aromatic N) is 1. The lowest BCUT2D eigenvalue weighted by Gasteiger charge is -2.37. The molecule has 0 aromatic rings. The maximum atomic E-state index is 12.3. The van der Waals surface area contributed by atoms with E-state index in [1.807, 2.05) is 6.92 Å². The van der Waals surface area contributed by atoms with E-state index in [-0.39, 0.29) is 5.97 Å². The monoisotopic (exact) mass is 284 g/mol. The first-order valence-corrected chi connectivity index (χ1v) is 8.19. The van der Waals surface area contributed by atoms with Crippen LogP contribution in [0.3, 0.4) is 0 Å². The Hall–Kier alpha value is -0.610. The SMILES string of the molecule is CCCCN(CC(N)(C(=O)OCC)C1CC1)C(C)CC. The first-order chi connectivity index (χ1) is 9.49. The molecule has 1 fully saturated rings. The predicted octanol–water partition coefficient (Wildman–Crippen LogP) is 2.56. The van der Waals surface area contributed by atoms with Gasteiger partial charge < -0.3 is 10.5 Å². The Morgan fingerprint density at radius 3 is 2.50 bits per heavy atom. The highest BCUT2D eigenvalue weighted by atomic mass is 16.5. The van der Waals surface area contributed by atoms with E-state index in [1.54, 1.807) is 0 Å². The Morgan fingerprint density at radius 1 is 1.40 bits per heavy atom. The van der Waals surface area contributed by atoms with E-state index in [1.165, 1.54) is 0 Å². The fraction of sp³-hybridized carbons (Fsp3) is 0.938. The van der Waals surface area contributed by atoms with Crippen molar-refractivity contribution in [1.82, 2.24) is 4.90 Å². The highest BCUT2D eigenvalue weighted by Crippen LogP contribution is 2.39. The molecular weight excluding hydrogens is 252 g/mol. The normalized spacial score (nSPS) is 19.7. The molecule has 118 valence electrons. The Balaban J connectivity index is 2.76. The van der Waals surface area contributed by atoms with Crippen LogP contribution >= 0.6 is 0 Å². The quantitative estimate of drug-likeness (QED) is 0.626. The minimum atomic E-state index is -0.812. The van der Waals surface area contributed by atoms with Crippen LogP contribution in [0.1, 0.15) is 59.8 Å². The van der Waals surface area contributed by atoms with E-state index in [0.29, 0.717) is 25.1 Å². The number of rotatable bonds is 10. The Kier molecular flexibility index (Phi) is 6.96. The number of hydrogen-bond donors (Lipinski definition) is 1. The number of nitrogens with two attached hydrogens (primary N) is 1. The smallest absolute Gasteiger partial charge is 0.327 e. The van der Waals surface area contributed by atoms with Crippen LogP contribution in [0, 0.1) is 5.92 Å². The third kappa shape index (κ3) is 4.45. The van der Waals surface area contributed by atoms with Gasteiger partial charge in [-0.1, -0.05) is 20.3 Å². The average Bonchev–Trinajstić information content (AvgIpc) is 3.27. The van der Waals surface area contributed by atoms with Crippen molar-refractivity contribution in [1.29, 1.82) is 0 Å². The third-order valence-electron chi connectivity index (χ3n) is 4.44. The van der Waals surface area contributed by atoms with Crippen LogP contribution in [0.2, 0.25) is 0 Å². The predicted molar refractivity (Wildman–Crippen MR) is 82.5 cm³/mol. The van der Waals surface area contributed by atoms with Crippen molar-refractivity contribution in [2.75, 3.05) is 19.7 Å². The Labute approximate surface area is 124 Å². The van der Waals surface area contributed by atoms with Gasteiger partial charge in [0.2, 0.25) is 0 Å². The van der Waals surface area contributed by atoms with Crippen molar-refractivity contribution in [3.63, 3.8) is 0 Å². The maximum Gasteiger partial charge on any atom is 0.327 e. The molecule has 1 saturated carbocycles. The topological polar surface area (TPSA) is 55.6 Å². The second-order valence-electron chi connectivity index (χ2n) is 6.12. The molecule has 0 radical (unpaired) electrons. The van der Waals surface area contributed by atoms with Gasteiger partial charge in [-0.05, 0) is 52.0 Å². The van der Waals surface area contributed by atoms with Crippen molar-refractivity contribution in [2.45, 2.75) is 71.4 Å². The van der Waals surface area contributed by atoms with Crippen LogP contribution in [0.4, 0.5) is 0 Å². The van der Waals surface area contributed by atoms with Gasteiger partial charge in [-0.15, -0.1) is 0 Å². The van der Waals surface area contributed by atoms with E-state index < -0.39 is 5.54 Å². The van der Waals surface area contributed by atoms with Gasteiger partial charge in [0.15, 0.2) is 0 Å². The summed E-state index contributed by atoms with van der Waals surface area (Å²) < 4.78 is 5.24. The van der Waals surface area contributed by atoms with Crippen molar-refractivity contribution in [2.24, 2.45) is 11.7 Å². The van der Waals surface area contributed by atoms with E-state index in [2.05, 4.69) is 25.7 Å². The number of ether oxygens (including phenoxy) is 1. The lowest BCUT2D eigenvalue weighted by Crippen LogP contribution is -2.60. The summed E-state index contributed by atoms with van der Waals surface area (Å²) in [5, 5.41) is 0. The Bertz CT molecular complexity index is 305. The standard InChI is InChI=1S/C16H32N2O2/c1-5-8-11-18(13(4)6-2)12-16(17,14-9-10-14)15(19)20-7-3/h13-14H,5-12,17H2,1-4H3. The second-order valence-corrected chi connectivity index (χ2v) is 6.12. The Morgan fingerprint density at radius 2 is 2.05 bits per heavy atom. The van der Waals surface area contributed by atoms with Crippen molar-refractivity contribution < 1.29 is 9.53 Å². The van der Waals surface area contributed by atoms with E-state index >= 15 is 0 Å². The lowest BCUT2D eigenvalue weighted by molar-refractivity contribution is -0.151. The van der Waals surface area contributed by atoms with Crippen molar-refractivity contribution >= 4 is 5.97 Å². The molecule has 0 bridgehead atoms. The first-order valence-electron chi connectivity index (χ1n) is 8.19. The molecule has 0 aliphatic heterocycles. The summed E-state index contributed by atoms with van der Waals surface area (Å²) in [6, 6.07) is 0.456. The van der Waals surface area contributed by atoms with E-state index in [9.17, 15) is 4.79 Å². The summed E-state index contributed by atoms with van der Waals surface area (Å²) in [6.07, 6.45) is 5.49. The van der Waals surface area contributed by atoms with Crippen LogP contribution in [0.25, 0.3) is 0 Å². The molecule has 2 unspecified atom stereocenters. The first kappa shape index (κ1) is 17.4. The summed E-state index contributed by atoms with van der Waals surface area (Å²) in [6.45, 7) is 10.5. The molecule has 1 aliphatic rings. The zero-order chi connectivity index (χ0) is 15.2. The summed E-state index contributed by atoms with van der Waals surface area (Å²) in [7, 11) is 0. The van der Waals surface area contributed by atoms with Gasteiger partial charge in [0.05, 0.1) is 6.61 Å². The molecule has 4 heteroatoms. The van der Waals surface area contributed by atoms with Gasteiger partial charge in [-0.25, -0.2) is 4.79 Å². The number of carbonyl (C=O) groups is 1. The zero-order valence-electron chi connectivity index (χ0n) is 13.7. The van der Waals surface area contributed by atoms with Crippen molar-refractivity contribution in [3.8, 4) is 0 Å². The number of esters is 1. The summed E-state index contributed by atoms with van der Waals surface area (Å²) in [4.78, 5) is 14.7. The minimum Gasteiger partial charge on any atom is -0.465 e. The van der Waals surface area contributed by atoms with Gasteiger partial charge in [0, 0.05) is 12.6 Å². The molecule has 0 spiro atoms. The summed E-state index contributed by atoms with van der Waals surface area (Å²) in [5.41, 5.74) is 5.67. The summed E-state index contributed by atoms with van der Waals surface area (Å²) >= 11 is 0. The summed E-state index contributed by atoms with van der Waals surface area (Å²) in [5.74, 6) is 0.0852. The molecule has 0 aromatic heterocycles. The molecule has 0 aromatic carbocycles. The van der Waals surface area contributed by atoms with Gasteiger partial charge in [-0.3, -0.25) is 4.90 Å². The largest absolute Gasteiger partial charge is 0.465 e. The maximum absolute atomic E-state index is 12.3. The van der Waals surface area contributed by atoms with Crippen molar-refractivity contribution in [3.05, 3.63) is 0 Å². The minimum absolute atomic E-state index is 0.215. The second kappa shape index (κ2) is 7.99. The average molecular weight is 284 g/mol. The number of carbonyl (C=O) groups excluding carboxylic acids is 1. The van der Waals surface area contributed by atoms with Crippen LogP contribution in [0.15, 0.2) is 0 Å². The molecule has 1 rings (SSSR count). The van der Waals surface area contributed by atoms with E-state index in [0.717, 1.165) is 38.6 Å². The molecule has 2 atom stereocenters. The zero-order valence-corrected chi connectivity index (χ0v) is 13.7. The van der Waals surface area contributed by atoms with Gasteiger partial charge in [-0.2, -0.15) is 0 Å². The molecule has 1 aliphatic carbocycles. The van der Waals surface area contributed by atoms with Gasteiger partial charge in [0.25, 0.3) is 0 Å². The van der Waals surface area contributed by atoms with Crippen LogP contribution in [-0.2, 0) is 9.53 Å². The van der Waals surface area contributed by atoms with Crippen LogP contribution in [-0.4, -0.2) is 42.1 Å². The molecule has 2 N–H and O–H groups in total. The fourth-order valence-corrected chi connectivity index (χ4v) is 2.63. The molecular formula is C16H32N2O2. The molecule has 0 saturated heterocycles. The van der Waals surface area contributed by atoms with E-state index in [4.69, 9.17) is 10.5 Å². The third-order valence-corrected chi connectivity index (χ3v) is 4.44. The highest BCUT2D eigenvalue weighted by molar-refractivity contribution is 5.82. The van der Waals surface area contributed by atoms with Crippen LogP contribution in [0.5, 0.6) is 0 Å².